The summed E-state index contributed by atoms with van der Waals surface area (Å²) >= 11 is 0. The van der Waals surface area contributed by atoms with Gasteiger partial charge in [0, 0.05) is 75.9 Å². The molecular formula is C32H35N7O2. The van der Waals surface area contributed by atoms with Gasteiger partial charge in [0.1, 0.15) is 5.82 Å². The van der Waals surface area contributed by atoms with Gasteiger partial charge in [0.2, 0.25) is 0 Å². The highest BCUT2D eigenvalue weighted by Crippen LogP contribution is 2.31. The highest BCUT2D eigenvalue weighted by molar-refractivity contribution is 6.05. The van der Waals surface area contributed by atoms with Crippen molar-refractivity contribution in [1.29, 1.82) is 0 Å². The zero-order chi connectivity index (χ0) is 28.5. The summed E-state index contributed by atoms with van der Waals surface area (Å²) < 4.78 is 1.86. The Kier molecular flexibility index (Phi) is 7.28. The molecule has 2 aliphatic rings. The summed E-state index contributed by atoms with van der Waals surface area (Å²) in [6.45, 7) is 7.10. The first-order valence-corrected chi connectivity index (χ1v) is 14.0. The maximum atomic E-state index is 13.3. The van der Waals surface area contributed by atoms with Gasteiger partial charge in [0.25, 0.3) is 11.8 Å². The van der Waals surface area contributed by atoms with E-state index in [0.717, 1.165) is 48.8 Å². The van der Waals surface area contributed by atoms with Crippen LogP contribution in [0, 0.1) is 6.92 Å². The van der Waals surface area contributed by atoms with Gasteiger partial charge < -0.3 is 20.0 Å². The van der Waals surface area contributed by atoms with Crippen LogP contribution >= 0.6 is 0 Å². The highest BCUT2D eigenvalue weighted by atomic mass is 16.2. The summed E-state index contributed by atoms with van der Waals surface area (Å²) in [5, 5.41) is 7.22. The summed E-state index contributed by atoms with van der Waals surface area (Å²) in [5.74, 6) is 0.927. The molecule has 4 heterocycles. The average Bonchev–Trinajstić information content (AvgIpc) is 3.40. The molecule has 1 N–H and O–H groups in total. The van der Waals surface area contributed by atoms with Gasteiger partial charge in [-0.15, -0.1) is 0 Å². The van der Waals surface area contributed by atoms with Crippen molar-refractivity contribution >= 4 is 23.3 Å². The molecule has 0 aliphatic carbocycles. The second-order valence-corrected chi connectivity index (χ2v) is 11.0. The molecule has 4 aromatic rings. The second kappa shape index (κ2) is 11.2. The van der Waals surface area contributed by atoms with E-state index in [4.69, 9.17) is 0 Å². The fraction of sp³-hybridized carbons (Fsp3) is 0.312. The summed E-state index contributed by atoms with van der Waals surface area (Å²) in [6, 6.07) is 19.7. The van der Waals surface area contributed by atoms with Gasteiger partial charge in [0.15, 0.2) is 0 Å². The largest absolute Gasteiger partial charge is 0.354 e. The van der Waals surface area contributed by atoms with Crippen LogP contribution in [0.2, 0.25) is 0 Å². The average molecular weight is 550 g/mol. The fourth-order valence-electron chi connectivity index (χ4n) is 5.45. The zero-order valence-electron chi connectivity index (χ0n) is 23.7. The molecular weight excluding hydrogens is 514 g/mol. The van der Waals surface area contributed by atoms with Gasteiger partial charge in [-0.25, -0.2) is 4.98 Å². The first kappa shape index (κ1) is 26.7. The van der Waals surface area contributed by atoms with Crippen molar-refractivity contribution in [2.45, 2.75) is 12.8 Å². The number of carbonyl (C=O) groups is 2. The van der Waals surface area contributed by atoms with E-state index >= 15 is 0 Å². The minimum Gasteiger partial charge on any atom is -0.354 e. The van der Waals surface area contributed by atoms with Crippen LogP contribution in [0.1, 0.15) is 37.8 Å². The minimum atomic E-state index is -0.242. The number of anilines is 2. The topological polar surface area (TPSA) is 86.6 Å². The van der Waals surface area contributed by atoms with E-state index in [-0.39, 0.29) is 11.8 Å². The number of nitrogens with one attached hydrogen (secondary N) is 1. The second-order valence-electron chi connectivity index (χ2n) is 11.0. The van der Waals surface area contributed by atoms with E-state index < -0.39 is 0 Å². The molecule has 9 heteroatoms. The molecule has 0 unspecified atom stereocenters. The molecule has 0 spiro atoms. The zero-order valence-corrected chi connectivity index (χ0v) is 23.7. The lowest BCUT2D eigenvalue weighted by Gasteiger charge is -2.39. The van der Waals surface area contributed by atoms with E-state index in [2.05, 4.69) is 56.5 Å². The van der Waals surface area contributed by atoms with Crippen molar-refractivity contribution < 1.29 is 9.59 Å². The number of benzene rings is 2. The SMILES string of the molecule is Cc1ccc(C(=O)N2CC(c3ccc(-c4ccnn4C)cc3)C2)cc1NC(=O)c1ccc(N2CCN(C)CC2)nc1. The molecule has 2 amide bonds. The summed E-state index contributed by atoms with van der Waals surface area (Å²) in [4.78, 5) is 37.2. The molecule has 0 saturated carbocycles. The first-order valence-electron chi connectivity index (χ1n) is 14.0. The number of pyridine rings is 1. The van der Waals surface area contributed by atoms with E-state index in [9.17, 15) is 9.59 Å². The van der Waals surface area contributed by atoms with Crippen LogP contribution in [0.25, 0.3) is 11.3 Å². The van der Waals surface area contributed by atoms with Crippen molar-refractivity contribution in [3.05, 3.63) is 95.3 Å². The summed E-state index contributed by atoms with van der Waals surface area (Å²) in [7, 11) is 4.05. The van der Waals surface area contributed by atoms with Crippen molar-refractivity contribution in [3.63, 3.8) is 0 Å². The molecule has 0 radical (unpaired) electrons. The standard InChI is InChI=1S/C32H35N7O2/c1-22-4-5-25(18-28(22)35-31(40)26-10-11-30(33-19-26)38-16-14-36(2)15-17-38)32(41)39-20-27(21-39)23-6-8-24(9-7-23)29-12-13-34-37(29)3/h4-13,18-19,27H,14-17,20-21H2,1-3H3,(H,35,40). The Morgan fingerprint density at radius 2 is 1.61 bits per heavy atom. The Bertz CT molecular complexity index is 1550. The van der Waals surface area contributed by atoms with Crippen LogP contribution in [0.15, 0.2) is 73.1 Å². The predicted octanol–water partition coefficient (Wildman–Crippen LogP) is 4.03. The van der Waals surface area contributed by atoms with Gasteiger partial charge in [0.05, 0.1) is 11.3 Å². The summed E-state index contributed by atoms with van der Waals surface area (Å²) in [5.41, 5.74) is 6.00. The first-order chi connectivity index (χ1) is 19.9. The molecule has 9 nitrogen and oxygen atoms in total. The molecule has 41 heavy (non-hydrogen) atoms. The van der Waals surface area contributed by atoms with E-state index in [0.29, 0.717) is 35.8 Å². The summed E-state index contributed by atoms with van der Waals surface area (Å²) in [6.07, 6.45) is 3.42. The van der Waals surface area contributed by atoms with Crippen LogP contribution < -0.4 is 10.2 Å². The smallest absolute Gasteiger partial charge is 0.257 e. The maximum Gasteiger partial charge on any atom is 0.257 e. The number of piperazine rings is 1. The lowest BCUT2D eigenvalue weighted by Crippen LogP contribution is -2.48. The molecule has 2 fully saturated rings. The fourth-order valence-corrected chi connectivity index (χ4v) is 5.45. The molecule has 0 atom stereocenters. The van der Waals surface area contributed by atoms with E-state index in [1.54, 1.807) is 18.5 Å². The Balaban J connectivity index is 1.06. The monoisotopic (exact) mass is 549 g/mol. The van der Waals surface area contributed by atoms with Crippen LogP contribution in [0.3, 0.4) is 0 Å². The van der Waals surface area contributed by atoms with Gasteiger partial charge in [-0.3, -0.25) is 14.3 Å². The van der Waals surface area contributed by atoms with E-state index in [1.165, 1.54) is 5.56 Å². The number of likely N-dealkylation sites (N-methyl/N-ethyl adjacent to an activating group) is 1. The molecule has 2 saturated heterocycles. The molecule has 2 aromatic carbocycles. The third-order valence-electron chi connectivity index (χ3n) is 8.24. The minimum absolute atomic E-state index is 0.0264. The normalized spacial score (nSPS) is 16.0. The molecule has 210 valence electrons. The Morgan fingerprint density at radius 3 is 2.27 bits per heavy atom. The number of aromatic nitrogens is 3. The number of hydrogen-bond acceptors (Lipinski definition) is 6. The third-order valence-corrected chi connectivity index (χ3v) is 8.24. The Hall–Kier alpha value is -4.50. The van der Waals surface area contributed by atoms with Gasteiger partial charge in [-0.2, -0.15) is 5.10 Å². The third kappa shape index (κ3) is 5.58. The van der Waals surface area contributed by atoms with Crippen molar-refractivity contribution in [2.75, 3.05) is 56.5 Å². The molecule has 2 aromatic heterocycles. The van der Waals surface area contributed by atoms with Crippen LogP contribution in [0.5, 0.6) is 0 Å². The Morgan fingerprint density at radius 1 is 0.878 bits per heavy atom. The van der Waals surface area contributed by atoms with Crippen molar-refractivity contribution in [2.24, 2.45) is 7.05 Å². The quantitative estimate of drug-likeness (QED) is 0.391. The van der Waals surface area contributed by atoms with Crippen molar-refractivity contribution in [3.8, 4) is 11.3 Å². The Labute approximate surface area is 240 Å². The molecule has 6 rings (SSSR count). The number of nitrogens with zero attached hydrogens (tertiary/aromatic N) is 6. The van der Waals surface area contributed by atoms with Gasteiger partial charge >= 0.3 is 0 Å². The number of likely N-dealkylation sites (tertiary alicyclic amines) is 1. The number of hydrogen-bond donors (Lipinski definition) is 1. The maximum absolute atomic E-state index is 13.3. The number of rotatable bonds is 6. The number of carbonyl (C=O) groups excluding carboxylic acids is 2. The lowest BCUT2D eigenvalue weighted by atomic mass is 9.90. The van der Waals surface area contributed by atoms with E-state index in [1.807, 2.05) is 53.9 Å². The van der Waals surface area contributed by atoms with Gasteiger partial charge in [-0.05, 0) is 61.0 Å². The van der Waals surface area contributed by atoms with Crippen LogP contribution in [0.4, 0.5) is 11.5 Å². The highest BCUT2D eigenvalue weighted by Gasteiger charge is 2.32. The van der Waals surface area contributed by atoms with Crippen LogP contribution in [-0.2, 0) is 7.05 Å². The number of amides is 2. The molecule has 2 aliphatic heterocycles. The van der Waals surface area contributed by atoms with Crippen LogP contribution in [-0.4, -0.2) is 82.7 Å². The lowest BCUT2D eigenvalue weighted by molar-refractivity contribution is 0.0602. The van der Waals surface area contributed by atoms with Crippen molar-refractivity contribution in [1.82, 2.24) is 24.6 Å². The molecule has 0 bridgehead atoms. The van der Waals surface area contributed by atoms with Gasteiger partial charge in [-0.1, -0.05) is 30.3 Å². The number of aryl methyl sites for hydroxylation is 2. The predicted molar refractivity (Wildman–Crippen MR) is 160 cm³/mol.